The molecule has 3 amide bonds. The molecule has 1 fully saturated rings. The van der Waals surface area contributed by atoms with Gasteiger partial charge in [-0.15, -0.1) is 0 Å². The van der Waals surface area contributed by atoms with Gasteiger partial charge in [-0.3, -0.25) is 19.2 Å². The molecule has 1 rings (SSSR count). The Bertz CT molecular complexity index is 783. The zero-order valence-corrected chi connectivity index (χ0v) is 24.1. The number of nitrogens with one attached hydrogen (secondary N) is 4. The fourth-order valence-electron chi connectivity index (χ4n) is 4.15. The number of Topliss-reactive ketones (excluding diaryl/α,β-unsaturated/α-hetero) is 1. The van der Waals surface area contributed by atoms with Crippen LogP contribution in [0, 0.1) is 17.8 Å². The number of amides is 3. The summed E-state index contributed by atoms with van der Waals surface area (Å²) in [6.45, 7) is 15.1. The van der Waals surface area contributed by atoms with Crippen LogP contribution >= 0.6 is 0 Å². The summed E-state index contributed by atoms with van der Waals surface area (Å²) in [5, 5.41) is 21.6. The highest BCUT2D eigenvalue weighted by Crippen LogP contribution is 2.29. The number of likely N-dealkylation sites (N-methyl/N-ethyl adjacent to an activating group) is 1. The molecule has 0 aliphatic carbocycles. The summed E-state index contributed by atoms with van der Waals surface area (Å²) in [5.41, 5.74) is -0.913. The van der Waals surface area contributed by atoms with Crippen LogP contribution in [0.15, 0.2) is 0 Å². The van der Waals surface area contributed by atoms with Crippen LogP contribution < -0.4 is 21.3 Å². The highest BCUT2D eigenvalue weighted by atomic mass is 16.6. The first-order chi connectivity index (χ1) is 17.2. The highest BCUT2D eigenvalue weighted by molar-refractivity contribution is 5.98. The minimum Gasteiger partial charge on any atom is -0.391 e. The first-order valence-corrected chi connectivity index (χ1v) is 13.7. The van der Waals surface area contributed by atoms with Crippen LogP contribution in [0.1, 0.15) is 81.1 Å². The Hall–Kier alpha value is -2.04. The Labute approximate surface area is 222 Å². The summed E-state index contributed by atoms with van der Waals surface area (Å²) in [5.74, 6) is -1.58. The van der Waals surface area contributed by atoms with Gasteiger partial charge in [-0.2, -0.15) is 0 Å². The van der Waals surface area contributed by atoms with Crippen molar-refractivity contribution >= 4 is 23.5 Å². The second kappa shape index (κ2) is 14.8. The van der Waals surface area contributed by atoms with Crippen LogP contribution in [0.25, 0.3) is 0 Å². The summed E-state index contributed by atoms with van der Waals surface area (Å²) in [4.78, 5) is 52.5. The Morgan fingerprint density at radius 1 is 0.811 bits per heavy atom. The van der Waals surface area contributed by atoms with Gasteiger partial charge >= 0.3 is 0 Å². The van der Waals surface area contributed by atoms with E-state index in [1.165, 1.54) is 6.92 Å². The molecule has 10 nitrogen and oxygen atoms in total. The number of carbonyl (C=O) groups is 4. The van der Waals surface area contributed by atoms with Gasteiger partial charge < -0.3 is 31.1 Å². The van der Waals surface area contributed by atoms with Crippen LogP contribution in [-0.2, 0) is 23.9 Å². The molecule has 10 heteroatoms. The summed E-state index contributed by atoms with van der Waals surface area (Å²) in [6.07, 6.45) is 1.31. The SMILES string of the molecule is CC[C@H](C)[C@H](NC)C(=O)N[C@H](C(=O)N[C@H](C(=O)N[C@@H](CCC(C)C)C(=O)[C@@]1(C)CO1)[C@@H](C)O)[C@@H](C)CC. The average molecular weight is 527 g/mol. The van der Waals surface area contributed by atoms with Crippen LogP contribution in [0.2, 0.25) is 0 Å². The van der Waals surface area contributed by atoms with Crippen molar-refractivity contribution in [3.63, 3.8) is 0 Å². The predicted molar refractivity (Wildman–Crippen MR) is 143 cm³/mol. The molecule has 8 atom stereocenters. The average Bonchev–Trinajstić information content (AvgIpc) is 3.60. The number of hydrogen-bond donors (Lipinski definition) is 5. The molecule has 0 radical (unpaired) electrons. The molecule has 1 heterocycles. The zero-order chi connectivity index (χ0) is 28.5. The lowest BCUT2D eigenvalue weighted by Crippen LogP contribution is -2.61. The van der Waals surface area contributed by atoms with Crippen molar-refractivity contribution in [1.82, 2.24) is 21.3 Å². The number of ketones is 1. The minimum absolute atomic E-state index is 0.0549. The van der Waals surface area contributed by atoms with Crippen LogP contribution in [0.5, 0.6) is 0 Å². The maximum absolute atomic E-state index is 13.3. The maximum Gasteiger partial charge on any atom is 0.245 e. The number of epoxide rings is 1. The molecule has 1 aliphatic rings. The molecule has 1 aliphatic heterocycles. The van der Waals surface area contributed by atoms with E-state index in [0.717, 1.165) is 6.42 Å². The molecular weight excluding hydrogens is 476 g/mol. The summed E-state index contributed by atoms with van der Waals surface area (Å²) in [7, 11) is 1.70. The molecule has 0 bridgehead atoms. The lowest BCUT2D eigenvalue weighted by Gasteiger charge is -2.30. The number of ether oxygens (including phenoxy) is 1. The van der Waals surface area contributed by atoms with Gasteiger partial charge in [0.2, 0.25) is 17.7 Å². The number of aliphatic hydroxyl groups is 1. The van der Waals surface area contributed by atoms with Gasteiger partial charge in [0.1, 0.15) is 17.7 Å². The summed E-state index contributed by atoms with van der Waals surface area (Å²) >= 11 is 0. The number of rotatable bonds is 17. The molecule has 214 valence electrons. The van der Waals surface area contributed by atoms with Crippen LogP contribution in [0.3, 0.4) is 0 Å². The molecule has 0 aromatic heterocycles. The fraction of sp³-hybridized carbons (Fsp3) is 0.852. The molecule has 1 saturated heterocycles. The summed E-state index contributed by atoms with van der Waals surface area (Å²) in [6, 6.07) is -3.46. The fourth-order valence-corrected chi connectivity index (χ4v) is 4.15. The van der Waals surface area contributed by atoms with Gasteiger partial charge in [0, 0.05) is 0 Å². The quantitative estimate of drug-likeness (QED) is 0.179. The van der Waals surface area contributed by atoms with Gasteiger partial charge in [-0.1, -0.05) is 54.4 Å². The monoisotopic (exact) mass is 526 g/mol. The van der Waals surface area contributed by atoms with E-state index >= 15 is 0 Å². The highest BCUT2D eigenvalue weighted by Gasteiger charge is 2.50. The second-order valence-corrected chi connectivity index (χ2v) is 11.2. The van der Waals surface area contributed by atoms with Gasteiger partial charge in [0.25, 0.3) is 0 Å². The van der Waals surface area contributed by atoms with E-state index in [1.54, 1.807) is 14.0 Å². The number of aliphatic hydroxyl groups excluding tert-OH is 1. The Kier molecular flexibility index (Phi) is 13.2. The molecule has 0 unspecified atom stereocenters. The molecule has 0 aromatic carbocycles. The van der Waals surface area contributed by atoms with Crippen molar-refractivity contribution in [2.75, 3.05) is 13.7 Å². The molecule has 0 spiro atoms. The van der Waals surface area contributed by atoms with Crippen molar-refractivity contribution in [2.45, 2.75) is 117 Å². The molecule has 0 saturated carbocycles. The van der Waals surface area contributed by atoms with Gasteiger partial charge in [0.15, 0.2) is 5.78 Å². The van der Waals surface area contributed by atoms with E-state index in [-0.39, 0.29) is 23.5 Å². The van der Waals surface area contributed by atoms with E-state index in [9.17, 15) is 24.3 Å². The van der Waals surface area contributed by atoms with E-state index in [1.807, 2.05) is 41.5 Å². The van der Waals surface area contributed by atoms with Crippen molar-refractivity contribution in [3.8, 4) is 0 Å². The largest absolute Gasteiger partial charge is 0.391 e. The molecule has 37 heavy (non-hydrogen) atoms. The van der Waals surface area contributed by atoms with Crippen molar-refractivity contribution < 1.29 is 29.0 Å². The van der Waals surface area contributed by atoms with Crippen LogP contribution in [-0.4, -0.2) is 78.1 Å². The molecule has 5 N–H and O–H groups in total. The Morgan fingerprint density at radius 2 is 1.27 bits per heavy atom. The van der Waals surface area contributed by atoms with Crippen molar-refractivity contribution in [2.24, 2.45) is 17.8 Å². The number of hydrogen-bond acceptors (Lipinski definition) is 7. The normalized spacial score (nSPS) is 22.7. The first-order valence-electron chi connectivity index (χ1n) is 13.7. The van der Waals surface area contributed by atoms with E-state index in [4.69, 9.17) is 4.74 Å². The summed E-state index contributed by atoms with van der Waals surface area (Å²) < 4.78 is 5.29. The Balaban J connectivity index is 3.05. The Morgan fingerprint density at radius 3 is 1.70 bits per heavy atom. The van der Waals surface area contributed by atoms with Gasteiger partial charge in [0.05, 0.1) is 24.8 Å². The lowest BCUT2D eigenvalue weighted by molar-refractivity contribution is -0.137. The van der Waals surface area contributed by atoms with E-state index in [0.29, 0.717) is 31.8 Å². The smallest absolute Gasteiger partial charge is 0.245 e. The van der Waals surface area contributed by atoms with E-state index in [2.05, 4.69) is 21.3 Å². The maximum atomic E-state index is 13.3. The second-order valence-electron chi connectivity index (χ2n) is 11.2. The first kappa shape index (κ1) is 33.0. The van der Waals surface area contributed by atoms with Gasteiger partial charge in [-0.25, -0.2) is 0 Å². The number of carbonyl (C=O) groups excluding carboxylic acids is 4. The minimum atomic E-state index is -1.30. The van der Waals surface area contributed by atoms with E-state index < -0.39 is 47.7 Å². The van der Waals surface area contributed by atoms with Crippen molar-refractivity contribution in [3.05, 3.63) is 0 Å². The third-order valence-electron chi connectivity index (χ3n) is 7.43. The third kappa shape index (κ3) is 9.65. The zero-order valence-electron chi connectivity index (χ0n) is 24.1. The molecular formula is C27H50N4O6. The van der Waals surface area contributed by atoms with Gasteiger partial charge in [-0.05, 0) is 51.5 Å². The third-order valence-corrected chi connectivity index (χ3v) is 7.43. The van der Waals surface area contributed by atoms with Crippen LogP contribution in [0.4, 0.5) is 0 Å². The standard InChI is InChI=1S/C27H50N4O6/c1-10-16(5)20(28-9)24(34)30-21(17(6)11-2)25(35)31-22(18(7)32)26(36)29-19(13-12-15(3)4)23(33)27(8)14-37-27/h15-22,28,32H,10-14H2,1-9H3,(H,29,36)(H,30,34)(H,31,35)/t16-,17-,18+,19-,20-,21-,22-,27+/m0/s1. The van der Waals surface area contributed by atoms with Crippen molar-refractivity contribution in [1.29, 1.82) is 0 Å². The lowest BCUT2D eigenvalue weighted by atomic mass is 9.93. The molecule has 0 aromatic rings. The predicted octanol–water partition coefficient (Wildman–Crippen LogP) is 1.30. The topological polar surface area (TPSA) is 149 Å².